The zero-order valence-electron chi connectivity index (χ0n) is 21.0. The minimum absolute atomic E-state index is 0.160. The van der Waals surface area contributed by atoms with Gasteiger partial charge in [-0.15, -0.1) is 0 Å². The number of sulfonamides is 1. The molecule has 0 unspecified atom stereocenters. The molecule has 5 N–H and O–H groups in total. The van der Waals surface area contributed by atoms with Crippen LogP contribution in [0.1, 0.15) is 58.3 Å². The van der Waals surface area contributed by atoms with Gasteiger partial charge in [-0.2, -0.15) is 9.97 Å². The number of anilines is 3. The molecule has 3 aromatic rings. The lowest BCUT2D eigenvalue weighted by Crippen LogP contribution is -2.38. The Kier molecular flexibility index (Phi) is 7.61. The van der Waals surface area contributed by atoms with E-state index < -0.39 is 10.0 Å². The van der Waals surface area contributed by atoms with Crippen LogP contribution in [0.2, 0.25) is 0 Å². The molecule has 2 heterocycles. The summed E-state index contributed by atoms with van der Waals surface area (Å²) in [4.78, 5) is 14.1. The van der Waals surface area contributed by atoms with Crippen LogP contribution in [0.4, 0.5) is 17.5 Å². The molecule has 0 aliphatic heterocycles. The van der Waals surface area contributed by atoms with Crippen molar-refractivity contribution in [3.05, 3.63) is 30.6 Å². The monoisotopic (exact) mass is 529 g/mol. The summed E-state index contributed by atoms with van der Waals surface area (Å²) < 4.78 is 30.4. The zero-order chi connectivity index (χ0) is 26.0. The summed E-state index contributed by atoms with van der Waals surface area (Å²) in [5, 5.41) is 26.2. The lowest BCUT2D eigenvalue weighted by molar-refractivity contribution is 0.120. The molecule has 2 aromatic heterocycles. The topological polar surface area (TPSA) is 154 Å². The normalized spacial score (nSPS) is 24.7. The third-order valence-electron chi connectivity index (χ3n) is 7.28. The maximum atomic E-state index is 12.9. The van der Waals surface area contributed by atoms with Crippen molar-refractivity contribution < 1.29 is 18.6 Å². The van der Waals surface area contributed by atoms with Crippen molar-refractivity contribution in [2.24, 2.45) is 0 Å². The quantitative estimate of drug-likeness (QED) is 0.296. The molecule has 1 aromatic carbocycles. The van der Waals surface area contributed by atoms with Crippen LogP contribution in [0, 0.1) is 0 Å². The van der Waals surface area contributed by atoms with E-state index in [1.807, 2.05) is 11.5 Å². The largest absolute Gasteiger partial charge is 0.393 e. The van der Waals surface area contributed by atoms with Gasteiger partial charge in [0.25, 0.3) is 0 Å². The average Bonchev–Trinajstić information content (AvgIpc) is 3.30. The van der Waals surface area contributed by atoms with E-state index in [1.54, 1.807) is 30.6 Å². The molecule has 2 aliphatic carbocycles. The van der Waals surface area contributed by atoms with Gasteiger partial charge in [-0.25, -0.2) is 18.1 Å². The second-order valence-corrected chi connectivity index (χ2v) is 11.7. The van der Waals surface area contributed by atoms with Gasteiger partial charge in [0.1, 0.15) is 0 Å². The second-order valence-electron chi connectivity index (χ2n) is 10.0. The van der Waals surface area contributed by atoms with Gasteiger partial charge in [-0.3, -0.25) is 0 Å². The van der Waals surface area contributed by atoms with Crippen LogP contribution in [-0.2, 0) is 16.6 Å². The van der Waals surface area contributed by atoms with Crippen molar-refractivity contribution in [2.45, 2.75) is 94.0 Å². The van der Waals surface area contributed by atoms with Gasteiger partial charge < -0.3 is 25.4 Å². The molecule has 0 spiro atoms. The zero-order valence-corrected chi connectivity index (χ0v) is 21.8. The number of hydrogen-bond donors (Lipinski definition) is 5. The standard InChI is InChI=1S/C25H35N7O4S/c1-2-32-15-26-22-23(29-25(30-24(22)32)28-17-3-9-19(33)10-4-17)27-16-7-13-21(14-8-16)37(35,36)31-18-5-11-20(34)12-6-18/h7-8,13-15,17-20,31,33-34H,2-6,9-12H2,1H3,(H2,27,28,29,30). The maximum absolute atomic E-state index is 12.9. The summed E-state index contributed by atoms with van der Waals surface area (Å²) in [6, 6.07) is 6.58. The minimum atomic E-state index is -3.66. The number of imidazole rings is 1. The van der Waals surface area contributed by atoms with Crippen LogP contribution in [0.5, 0.6) is 0 Å². The van der Waals surface area contributed by atoms with Gasteiger partial charge in [0.15, 0.2) is 17.0 Å². The predicted octanol–water partition coefficient (Wildman–Crippen LogP) is 2.89. The van der Waals surface area contributed by atoms with E-state index in [2.05, 4.69) is 25.3 Å². The minimum Gasteiger partial charge on any atom is -0.393 e. The second kappa shape index (κ2) is 10.9. The molecule has 200 valence electrons. The highest BCUT2D eigenvalue weighted by atomic mass is 32.2. The van der Waals surface area contributed by atoms with E-state index >= 15 is 0 Å². The fourth-order valence-electron chi connectivity index (χ4n) is 5.07. The van der Waals surface area contributed by atoms with Crippen molar-refractivity contribution in [2.75, 3.05) is 10.6 Å². The maximum Gasteiger partial charge on any atom is 0.240 e. The molecule has 37 heavy (non-hydrogen) atoms. The van der Waals surface area contributed by atoms with E-state index in [0.717, 1.165) is 25.7 Å². The summed E-state index contributed by atoms with van der Waals surface area (Å²) in [5.41, 5.74) is 2.01. The van der Waals surface area contributed by atoms with Crippen molar-refractivity contribution in [1.82, 2.24) is 24.2 Å². The van der Waals surface area contributed by atoms with E-state index in [-0.39, 0.29) is 29.2 Å². The molecule has 2 aliphatic rings. The highest BCUT2D eigenvalue weighted by molar-refractivity contribution is 7.89. The van der Waals surface area contributed by atoms with Crippen molar-refractivity contribution in [3.63, 3.8) is 0 Å². The first-order valence-corrected chi connectivity index (χ1v) is 14.5. The number of fused-ring (bicyclic) bond motifs is 1. The molecule has 0 atom stereocenters. The molecule has 0 bridgehead atoms. The van der Waals surface area contributed by atoms with Crippen molar-refractivity contribution >= 4 is 38.6 Å². The molecule has 2 fully saturated rings. The predicted molar refractivity (Wildman–Crippen MR) is 141 cm³/mol. The Balaban J connectivity index is 1.34. The van der Waals surface area contributed by atoms with Crippen LogP contribution in [0.3, 0.4) is 0 Å². The number of benzene rings is 1. The number of aliphatic hydroxyl groups excluding tert-OH is 2. The molecule has 12 heteroatoms. The smallest absolute Gasteiger partial charge is 0.240 e. The van der Waals surface area contributed by atoms with E-state index in [1.165, 1.54) is 0 Å². The molecular weight excluding hydrogens is 494 g/mol. The van der Waals surface area contributed by atoms with E-state index in [9.17, 15) is 18.6 Å². The lowest BCUT2D eigenvalue weighted by Gasteiger charge is -2.26. The van der Waals surface area contributed by atoms with Crippen molar-refractivity contribution in [3.8, 4) is 0 Å². The number of aromatic nitrogens is 4. The number of aryl methyl sites for hydroxylation is 1. The van der Waals surface area contributed by atoms with Gasteiger partial charge in [0.2, 0.25) is 16.0 Å². The number of hydrogen-bond acceptors (Lipinski definition) is 9. The highest BCUT2D eigenvalue weighted by Crippen LogP contribution is 2.28. The Morgan fingerprint density at radius 3 is 2.16 bits per heavy atom. The first kappa shape index (κ1) is 25.8. The fraction of sp³-hybridized carbons (Fsp3) is 0.560. The van der Waals surface area contributed by atoms with Crippen LogP contribution in [0.15, 0.2) is 35.5 Å². The molecule has 0 radical (unpaired) electrons. The number of nitrogens with zero attached hydrogens (tertiary/aromatic N) is 4. The molecular formula is C25H35N7O4S. The lowest BCUT2D eigenvalue weighted by atomic mass is 9.93. The summed E-state index contributed by atoms with van der Waals surface area (Å²) >= 11 is 0. The average molecular weight is 530 g/mol. The number of rotatable bonds is 8. The first-order chi connectivity index (χ1) is 17.8. The summed E-state index contributed by atoms with van der Waals surface area (Å²) in [7, 11) is -3.66. The third-order valence-corrected chi connectivity index (χ3v) is 8.82. The molecule has 0 amide bonds. The van der Waals surface area contributed by atoms with Crippen LogP contribution < -0.4 is 15.4 Å². The summed E-state index contributed by atoms with van der Waals surface area (Å²) in [6.45, 7) is 2.73. The van der Waals surface area contributed by atoms with Crippen molar-refractivity contribution in [1.29, 1.82) is 0 Å². The van der Waals surface area contributed by atoms with E-state index in [0.29, 0.717) is 60.8 Å². The SMILES string of the molecule is CCn1cnc2c(Nc3ccc(S(=O)(=O)NC4CCC(O)CC4)cc3)nc(NC3CCC(O)CC3)nc21. The van der Waals surface area contributed by atoms with Crippen LogP contribution in [-0.4, -0.2) is 62.4 Å². The third kappa shape index (κ3) is 6.03. The van der Waals surface area contributed by atoms with E-state index in [4.69, 9.17) is 4.98 Å². The molecule has 11 nitrogen and oxygen atoms in total. The molecule has 2 saturated carbocycles. The van der Waals surface area contributed by atoms with Gasteiger partial charge in [0, 0.05) is 24.3 Å². The summed E-state index contributed by atoms with van der Waals surface area (Å²) in [5.74, 6) is 1.03. The Labute approximate surface area is 216 Å². The van der Waals surface area contributed by atoms with Crippen LogP contribution in [0.25, 0.3) is 11.2 Å². The van der Waals surface area contributed by atoms with Gasteiger partial charge in [0.05, 0.1) is 23.4 Å². The highest BCUT2D eigenvalue weighted by Gasteiger charge is 2.25. The van der Waals surface area contributed by atoms with Gasteiger partial charge >= 0.3 is 0 Å². The summed E-state index contributed by atoms with van der Waals surface area (Å²) in [6.07, 6.45) is 6.85. The Morgan fingerprint density at radius 2 is 1.54 bits per heavy atom. The number of nitrogens with one attached hydrogen (secondary N) is 3. The Bertz CT molecular complexity index is 1310. The van der Waals surface area contributed by atoms with Gasteiger partial charge in [-0.1, -0.05) is 0 Å². The molecule has 5 rings (SSSR count). The van der Waals surface area contributed by atoms with Gasteiger partial charge in [-0.05, 0) is 82.6 Å². The van der Waals surface area contributed by atoms with Crippen LogP contribution >= 0.6 is 0 Å². The Hall–Kier alpha value is -2.80. The molecule has 0 saturated heterocycles. The number of aliphatic hydroxyl groups is 2. The Morgan fingerprint density at radius 1 is 0.919 bits per heavy atom. The fourth-order valence-corrected chi connectivity index (χ4v) is 6.37. The first-order valence-electron chi connectivity index (χ1n) is 13.1.